The molecule has 2 N–H and O–H groups in total. The molecule has 8 heteroatoms. The van der Waals surface area contributed by atoms with Gasteiger partial charge in [-0.25, -0.2) is 0 Å². The molecule has 0 fully saturated rings. The first kappa shape index (κ1) is 18.1. The van der Waals surface area contributed by atoms with Gasteiger partial charge in [0.1, 0.15) is 0 Å². The molecule has 3 rings (SSSR count). The number of aromatic nitrogens is 2. The molecule has 0 atom stereocenters. The van der Waals surface area contributed by atoms with Crippen molar-refractivity contribution < 1.29 is 9.59 Å². The molecule has 0 aliphatic rings. The lowest BCUT2D eigenvalue weighted by Gasteiger charge is -2.02. The minimum absolute atomic E-state index is 0.103. The molecule has 0 aliphatic heterocycles. The summed E-state index contributed by atoms with van der Waals surface area (Å²) in [5.74, 6) is -0.664. The molecule has 6 nitrogen and oxygen atoms in total. The van der Waals surface area contributed by atoms with E-state index in [2.05, 4.69) is 20.8 Å². The van der Waals surface area contributed by atoms with Crippen molar-refractivity contribution in [1.82, 2.24) is 15.5 Å². The lowest BCUT2D eigenvalue weighted by molar-refractivity contribution is -0.117. The molecule has 0 aliphatic carbocycles. The minimum atomic E-state index is -0.404. The van der Waals surface area contributed by atoms with E-state index >= 15 is 0 Å². The van der Waals surface area contributed by atoms with E-state index in [1.54, 1.807) is 24.3 Å². The number of nitrogens with one attached hydrogen (secondary N) is 2. The maximum absolute atomic E-state index is 11.9. The van der Waals surface area contributed by atoms with Crippen molar-refractivity contribution in [2.45, 2.75) is 10.9 Å². The fourth-order valence-electron chi connectivity index (χ4n) is 2.06. The Hall–Kier alpha value is -2.71. The van der Waals surface area contributed by atoms with Gasteiger partial charge in [-0.05, 0) is 17.7 Å². The van der Waals surface area contributed by atoms with Gasteiger partial charge in [0, 0.05) is 12.1 Å². The molecular formula is C18H16N4O2S2. The first-order valence-electron chi connectivity index (χ1n) is 7.84. The first-order valence-corrected chi connectivity index (χ1v) is 9.64. The van der Waals surface area contributed by atoms with E-state index in [1.807, 2.05) is 36.4 Å². The number of rotatable bonds is 7. The Balaban J connectivity index is 1.44. The van der Waals surface area contributed by atoms with E-state index in [4.69, 9.17) is 0 Å². The fourth-order valence-corrected chi connectivity index (χ4v) is 3.61. The van der Waals surface area contributed by atoms with Crippen LogP contribution in [-0.4, -0.2) is 27.8 Å². The molecule has 132 valence electrons. The predicted molar refractivity (Wildman–Crippen MR) is 103 cm³/mol. The Morgan fingerprint density at radius 2 is 1.65 bits per heavy atom. The van der Waals surface area contributed by atoms with Crippen LogP contribution in [0.25, 0.3) is 0 Å². The summed E-state index contributed by atoms with van der Waals surface area (Å²) in [4.78, 5) is 23.8. The summed E-state index contributed by atoms with van der Waals surface area (Å²) in [6.45, 7) is 0.659. The van der Waals surface area contributed by atoms with Gasteiger partial charge in [-0.15, -0.1) is 10.2 Å². The average Bonchev–Trinajstić information content (AvgIpc) is 3.14. The Morgan fingerprint density at radius 1 is 0.962 bits per heavy atom. The van der Waals surface area contributed by atoms with Crippen LogP contribution in [-0.2, 0) is 11.3 Å². The predicted octanol–water partition coefficient (Wildman–Crippen LogP) is 3.20. The third kappa shape index (κ3) is 5.40. The van der Waals surface area contributed by atoms with Crippen LogP contribution in [0.4, 0.5) is 5.13 Å². The lowest BCUT2D eigenvalue weighted by atomic mass is 10.2. The number of carbonyl (C=O) groups is 2. The highest BCUT2D eigenvalue weighted by Gasteiger charge is 2.12. The van der Waals surface area contributed by atoms with E-state index in [-0.39, 0.29) is 11.7 Å². The summed E-state index contributed by atoms with van der Waals surface area (Å²) in [5, 5.41) is 14.4. The zero-order valence-electron chi connectivity index (χ0n) is 13.7. The summed E-state index contributed by atoms with van der Waals surface area (Å²) in [6.07, 6.45) is 0. The number of hydrogen-bond donors (Lipinski definition) is 2. The second-order valence-electron chi connectivity index (χ2n) is 5.24. The zero-order chi connectivity index (χ0) is 18.2. The van der Waals surface area contributed by atoms with Crippen LogP contribution < -0.4 is 10.6 Å². The number of hydrogen-bond acceptors (Lipinski definition) is 7. The van der Waals surface area contributed by atoms with Crippen LogP contribution in [0.3, 0.4) is 0 Å². The van der Waals surface area contributed by atoms with Crippen LogP contribution in [0.1, 0.15) is 15.9 Å². The minimum Gasteiger partial charge on any atom is -0.356 e. The standard InChI is InChI=1S/C18H16N4O2S2/c23-15(20-16(24)14-9-5-2-6-10-14)12-25-18-22-21-17(26-18)19-11-13-7-3-1-4-8-13/h1-10H,11-12H2,(H,19,21)(H,20,23,24). The van der Waals surface area contributed by atoms with E-state index in [0.29, 0.717) is 21.6 Å². The molecule has 0 spiro atoms. The fraction of sp³-hybridized carbons (Fsp3) is 0.111. The van der Waals surface area contributed by atoms with E-state index in [9.17, 15) is 9.59 Å². The summed E-state index contributed by atoms with van der Waals surface area (Å²) in [7, 11) is 0. The number of anilines is 1. The summed E-state index contributed by atoms with van der Waals surface area (Å²) in [5.41, 5.74) is 1.60. The van der Waals surface area contributed by atoms with E-state index in [1.165, 1.54) is 23.1 Å². The van der Waals surface area contributed by atoms with Gasteiger partial charge in [0.2, 0.25) is 11.0 Å². The molecule has 3 aromatic rings. The molecule has 0 bridgehead atoms. The molecule has 2 amide bonds. The molecule has 0 saturated carbocycles. The Kier molecular flexibility index (Phi) is 6.34. The van der Waals surface area contributed by atoms with Crippen LogP contribution in [0.15, 0.2) is 65.0 Å². The Labute approximate surface area is 159 Å². The van der Waals surface area contributed by atoms with Crippen LogP contribution >= 0.6 is 23.1 Å². The number of carbonyl (C=O) groups excluding carboxylic acids is 2. The average molecular weight is 384 g/mol. The molecule has 1 aromatic heterocycles. The summed E-state index contributed by atoms with van der Waals surface area (Å²) >= 11 is 2.62. The third-order valence-electron chi connectivity index (χ3n) is 3.31. The topological polar surface area (TPSA) is 84.0 Å². The van der Waals surface area contributed by atoms with Gasteiger partial charge >= 0.3 is 0 Å². The van der Waals surface area contributed by atoms with Gasteiger partial charge in [-0.1, -0.05) is 71.6 Å². The molecule has 0 unspecified atom stereocenters. The Bertz CT molecular complexity index is 869. The number of benzene rings is 2. The molecule has 1 heterocycles. The summed E-state index contributed by atoms with van der Waals surface area (Å²) in [6, 6.07) is 18.6. The smallest absolute Gasteiger partial charge is 0.257 e. The van der Waals surface area contributed by atoms with Crippen molar-refractivity contribution in [3.8, 4) is 0 Å². The molecule has 2 aromatic carbocycles. The number of imide groups is 1. The normalized spacial score (nSPS) is 10.3. The third-order valence-corrected chi connectivity index (χ3v) is 5.32. The second-order valence-corrected chi connectivity index (χ2v) is 7.44. The Morgan fingerprint density at radius 3 is 2.38 bits per heavy atom. The first-order chi connectivity index (χ1) is 12.7. The van der Waals surface area contributed by atoms with Crippen molar-refractivity contribution in [2.24, 2.45) is 0 Å². The van der Waals surface area contributed by atoms with Crippen molar-refractivity contribution in [2.75, 3.05) is 11.1 Å². The second kappa shape index (κ2) is 9.12. The molecule has 0 saturated heterocycles. The number of thioether (sulfide) groups is 1. The molecular weight excluding hydrogens is 368 g/mol. The highest BCUT2D eigenvalue weighted by molar-refractivity contribution is 8.01. The van der Waals surface area contributed by atoms with Crippen LogP contribution in [0.2, 0.25) is 0 Å². The van der Waals surface area contributed by atoms with Crippen molar-refractivity contribution in [1.29, 1.82) is 0 Å². The van der Waals surface area contributed by atoms with Gasteiger partial charge in [0.15, 0.2) is 4.34 Å². The highest BCUT2D eigenvalue weighted by atomic mass is 32.2. The quantitative estimate of drug-likeness (QED) is 0.609. The van der Waals surface area contributed by atoms with E-state index < -0.39 is 5.91 Å². The van der Waals surface area contributed by atoms with Gasteiger partial charge in [0.25, 0.3) is 5.91 Å². The maximum Gasteiger partial charge on any atom is 0.257 e. The molecule has 0 radical (unpaired) electrons. The number of nitrogens with zero attached hydrogens (tertiary/aromatic N) is 2. The van der Waals surface area contributed by atoms with Gasteiger partial charge < -0.3 is 5.32 Å². The zero-order valence-corrected chi connectivity index (χ0v) is 15.3. The highest BCUT2D eigenvalue weighted by Crippen LogP contribution is 2.25. The van der Waals surface area contributed by atoms with Crippen molar-refractivity contribution in [3.63, 3.8) is 0 Å². The largest absolute Gasteiger partial charge is 0.356 e. The monoisotopic (exact) mass is 384 g/mol. The SMILES string of the molecule is O=C(CSc1nnc(NCc2ccccc2)s1)NC(=O)c1ccccc1. The maximum atomic E-state index is 11.9. The van der Waals surface area contributed by atoms with Crippen molar-refractivity contribution >= 4 is 40.0 Å². The van der Waals surface area contributed by atoms with Gasteiger partial charge in [0.05, 0.1) is 5.75 Å². The van der Waals surface area contributed by atoms with Crippen LogP contribution in [0.5, 0.6) is 0 Å². The van der Waals surface area contributed by atoms with E-state index in [0.717, 1.165) is 5.56 Å². The van der Waals surface area contributed by atoms with Gasteiger partial charge in [-0.3, -0.25) is 14.9 Å². The summed E-state index contributed by atoms with van der Waals surface area (Å²) < 4.78 is 0.669. The van der Waals surface area contributed by atoms with Crippen LogP contribution in [0, 0.1) is 0 Å². The van der Waals surface area contributed by atoms with Crippen molar-refractivity contribution in [3.05, 3.63) is 71.8 Å². The molecule has 26 heavy (non-hydrogen) atoms. The lowest BCUT2D eigenvalue weighted by Crippen LogP contribution is -2.31. The number of amides is 2. The van der Waals surface area contributed by atoms with Gasteiger partial charge in [-0.2, -0.15) is 0 Å².